The lowest BCUT2D eigenvalue weighted by atomic mass is 10.1. The number of pyridine rings is 1. The van der Waals surface area contributed by atoms with Gasteiger partial charge in [0.05, 0.1) is 13.2 Å². The molecule has 3 N–H and O–H groups in total. The van der Waals surface area contributed by atoms with Crippen LogP contribution in [0.25, 0.3) is 0 Å². The van der Waals surface area contributed by atoms with Crippen molar-refractivity contribution in [2.45, 2.75) is 19.1 Å². The maximum absolute atomic E-state index is 9.56. The fourth-order valence-electron chi connectivity index (χ4n) is 0.991. The summed E-state index contributed by atoms with van der Waals surface area (Å²) in [4.78, 5) is 3.96. The molecule has 4 heteroatoms. The summed E-state index contributed by atoms with van der Waals surface area (Å²) in [6.45, 7) is 1.74. The van der Waals surface area contributed by atoms with Crippen molar-refractivity contribution in [1.82, 2.24) is 4.98 Å². The molecule has 72 valence electrons. The molecular weight excluding hydrogens is 168 g/mol. The van der Waals surface area contributed by atoms with Crippen LogP contribution >= 0.6 is 0 Å². The predicted molar refractivity (Wildman–Crippen MR) is 49.4 cm³/mol. The molecule has 0 radical (unpaired) electrons. The van der Waals surface area contributed by atoms with E-state index in [0.29, 0.717) is 11.4 Å². The Hall–Kier alpha value is -1.13. The molecule has 1 heterocycles. The van der Waals surface area contributed by atoms with Gasteiger partial charge in [0.15, 0.2) is 0 Å². The Labute approximate surface area is 77.4 Å². The monoisotopic (exact) mass is 182 g/mol. The van der Waals surface area contributed by atoms with E-state index in [9.17, 15) is 5.11 Å². The Morgan fingerprint density at radius 2 is 2.23 bits per heavy atom. The molecule has 0 bridgehead atoms. The molecular formula is C9H14N2O2. The van der Waals surface area contributed by atoms with Gasteiger partial charge < -0.3 is 15.6 Å². The first-order valence-electron chi connectivity index (χ1n) is 4.08. The first kappa shape index (κ1) is 9.95. The molecule has 0 aliphatic rings. The van der Waals surface area contributed by atoms with Gasteiger partial charge in [-0.1, -0.05) is 0 Å². The van der Waals surface area contributed by atoms with E-state index in [0.717, 1.165) is 0 Å². The van der Waals surface area contributed by atoms with Crippen molar-refractivity contribution in [3.05, 3.63) is 23.9 Å². The largest absolute Gasteiger partial charge is 0.481 e. The second-order valence-corrected chi connectivity index (χ2v) is 2.94. The van der Waals surface area contributed by atoms with E-state index < -0.39 is 6.10 Å². The quantitative estimate of drug-likeness (QED) is 0.713. The Morgan fingerprint density at radius 1 is 1.54 bits per heavy atom. The van der Waals surface area contributed by atoms with Gasteiger partial charge >= 0.3 is 0 Å². The summed E-state index contributed by atoms with van der Waals surface area (Å²) in [5, 5.41) is 9.56. The van der Waals surface area contributed by atoms with E-state index in [1.807, 2.05) is 0 Å². The second-order valence-electron chi connectivity index (χ2n) is 2.94. The van der Waals surface area contributed by atoms with Gasteiger partial charge in [-0.25, -0.2) is 4.98 Å². The summed E-state index contributed by atoms with van der Waals surface area (Å²) in [7, 11) is 1.55. The molecule has 0 unspecified atom stereocenters. The van der Waals surface area contributed by atoms with E-state index in [1.165, 1.54) is 0 Å². The third-order valence-electron chi connectivity index (χ3n) is 1.81. The molecule has 2 atom stereocenters. The van der Waals surface area contributed by atoms with Gasteiger partial charge in [-0.15, -0.1) is 0 Å². The standard InChI is InChI=1S/C9H14N2O2/c1-6(10)9(12)7-3-4-8(13-2)11-5-7/h3-6,9,12H,10H2,1-2H3/t6-,9-/m1/s1. The zero-order valence-electron chi connectivity index (χ0n) is 7.77. The number of aliphatic hydroxyl groups is 1. The average molecular weight is 182 g/mol. The number of ether oxygens (including phenoxy) is 1. The Morgan fingerprint density at radius 3 is 2.62 bits per heavy atom. The van der Waals surface area contributed by atoms with E-state index in [2.05, 4.69) is 4.98 Å². The lowest BCUT2D eigenvalue weighted by Crippen LogP contribution is -2.24. The van der Waals surface area contributed by atoms with E-state index in [1.54, 1.807) is 32.4 Å². The maximum atomic E-state index is 9.56. The molecule has 1 aromatic rings. The normalized spacial score (nSPS) is 15.1. The number of nitrogens with two attached hydrogens (primary N) is 1. The van der Waals surface area contributed by atoms with Crippen LogP contribution in [-0.4, -0.2) is 23.2 Å². The van der Waals surface area contributed by atoms with Crippen LogP contribution in [0.1, 0.15) is 18.6 Å². The van der Waals surface area contributed by atoms with Crippen LogP contribution in [0.2, 0.25) is 0 Å². The van der Waals surface area contributed by atoms with Gasteiger partial charge in [0.2, 0.25) is 5.88 Å². The minimum Gasteiger partial charge on any atom is -0.481 e. The molecule has 1 aromatic heterocycles. The van der Waals surface area contributed by atoms with Gasteiger partial charge in [-0.3, -0.25) is 0 Å². The number of methoxy groups -OCH3 is 1. The van der Waals surface area contributed by atoms with Gasteiger partial charge in [-0.05, 0) is 13.0 Å². The number of rotatable bonds is 3. The van der Waals surface area contributed by atoms with Crippen LogP contribution in [0.5, 0.6) is 5.88 Å². The number of aromatic nitrogens is 1. The predicted octanol–water partition coefficient (Wildman–Crippen LogP) is 0.471. The molecule has 0 saturated carbocycles. The SMILES string of the molecule is COc1ccc([C@H](O)[C@@H](C)N)cn1. The number of aliphatic hydroxyl groups excluding tert-OH is 1. The van der Waals surface area contributed by atoms with Crippen LogP contribution in [0, 0.1) is 0 Å². The van der Waals surface area contributed by atoms with Crippen molar-refractivity contribution < 1.29 is 9.84 Å². The zero-order chi connectivity index (χ0) is 9.84. The summed E-state index contributed by atoms with van der Waals surface area (Å²) in [5.41, 5.74) is 6.23. The highest BCUT2D eigenvalue weighted by Gasteiger charge is 2.12. The lowest BCUT2D eigenvalue weighted by molar-refractivity contribution is 0.153. The summed E-state index contributed by atoms with van der Waals surface area (Å²) in [6, 6.07) is 3.15. The van der Waals surface area contributed by atoms with Gasteiger partial charge in [0.25, 0.3) is 0 Å². The summed E-state index contributed by atoms with van der Waals surface area (Å²) in [6.07, 6.45) is 0.894. The van der Waals surface area contributed by atoms with Crippen LogP contribution < -0.4 is 10.5 Å². The summed E-state index contributed by atoms with van der Waals surface area (Å²) in [5.74, 6) is 0.528. The topological polar surface area (TPSA) is 68.4 Å². The van der Waals surface area contributed by atoms with Crippen molar-refractivity contribution in [1.29, 1.82) is 0 Å². The first-order chi connectivity index (χ1) is 6.15. The van der Waals surface area contributed by atoms with Crippen molar-refractivity contribution in [2.75, 3.05) is 7.11 Å². The third-order valence-corrected chi connectivity index (χ3v) is 1.81. The Bertz CT molecular complexity index is 259. The number of hydrogen-bond acceptors (Lipinski definition) is 4. The summed E-state index contributed by atoms with van der Waals surface area (Å²) >= 11 is 0. The minimum absolute atomic E-state index is 0.296. The molecule has 0 aromatic carbocycles. The highest BCUT2D eigenvalue weighted by Crippen LogP contribution is 2.16. The second kappa shape index (κ2) is 4.20. The molecule has 0 fully saturated rings. The van der Waals surface area contributed by atoms with Crippen molar-refractivity contribution in [3.63, 3.8) is 0 Å². The van der Waals surface area contributed by atoms with E-state index >= 15 is 0 Å². The van der Waals surface area contributed by atoms with Crippen molar-refractivity contribution >= 4 is 0 Å². The third kappa shape index (κ3) is 2.40. The molecule has 4 nitrogen and oxygen atoms in total. The molecule has 0 spiro atoms. The fourth-order valence-corrected chi connectivity index (χ4v) is 0.991. The number of hydrogen-bond donors (Lipinski definition) is 2. The van der Waals surface area contributed by atoms with Crippen LogP contribution in [0.15, 0.2) is 18.3 Å². The van der Waals surface area contributed by atoms with Crippen LogP contribution in [0.4, 0.5) is 0 Å². The highest BCUT2D eigenvalue weighted by atomic mass is 16.5. The minimum atomic E-state index is -0.668. The maximum Gasteiger partial charge on any atom is 0.212 e. The smallest absolute Gasteiger partial charge is 0.212 e. The average Bonchev–Trinajstić information content (AvgIpc) is 2.17. The van der Waals surface area contributed by atoms with Crippen LogP contribution in [0.3, 0.4) is 0 Å². The van der Waals surface area contributed by atoms with Gasteiger partial charge in [-0.2, -0.15) is 0 Å². The molecule has 1 rings (SSSR count). The molecule has 0 amide bonds. The van der Waals surface area contributed by atoms with Crippen LogP contribution in [-0.2, 0) is 0 Å². The van der Waals surface area contributed by atoms with Gasteiger partial charge in [0.1, 0.15) is 0 Å². The molecule has 0 aliphatic carbocycles. The first-order valence-corrected chi connectivity index (χ1v) is 4.08. The lowest BCUT2D eigenvalue weighted by Gasteiger charge is -2.14. The Kier molecular flexibility index (Phi) is 3.22. The summed E-state index contributed by atoms with van der Waals surface area (Å²) < 4.78 is 4.89. The number of nitrogens with zero attached hydrogens (tertiary/aromatic N) is 1. The molecule has 0 saturated heterocycles. The highest BCUT2D eigenvalue weighted by molar-refractivity contribution is 5.20. The van der Waals surface area contributed by atoms with E-state index in [4.69, 9.17) is 10.5 Å². The zero-order valence-corrected chi connectivity index (χ0v) is 7.77. The van der Waals surface area contributed by atoms with E-state index in [-0.39, 0.29) is 6.04 Å². The fraction of sp³-hybridized carbons (Fsp3) is 0.444. The molecule has 13 heavy (non-hydrogen) atoms. The molecule has 0 aliphatic heterocycles. The van der Waals surface area contributed by atoms with Crippen molar-refractivity contribution in [3.8, 4) is 5.88 Å². The van der Waals surface area contributed by atoms with Gasteiger partial charge in [0, 0.05) is 23.9 Å². The van der Waals surface area contributed by atoms with Crippen molar-refractivity contribution in [2.24, 2.45) is 5.73 Å². The Balaban J connectivity index is 2.79.